The Bertz CT molecular complexity index is 790. The minimum Gasteiger partial charge on any atom is -0.357 e. The molecule has 1 fully saturated rings. The van der Waals surface area contributed by atoms with Crippen molar-refractivity contribution in [3.05, 3.63) is 35.5 Å². The third-order valence-corrected chi connectivity index (χ3v) is 4.83. The van der Waals surface area contributed by atoms with Crippen LogP contribution in [0.5, 0.6) is 0 Å². The molecule has 6 heteroatoms. The second-order valence-corrected chi connectivity index (χ2v) is 6.28. The molecule has 2 N–H and O–H groups in total. The summed E-state index contributed by atoms with van der Waals surface area (Å²) in [5.74, 6) is 0. The molecule has 1 saturated heterocycles. The number of aromatic nitrogens is 1. The summed E-state index contributed by atoms with van der Waals surface area (Å²) in [7, 11) is 0. The molecule has 3 heterocycles. The Kier molecular flexibility index (Phi) is 3.34. The maximum Gasteiger partial charge on any atom is 0.318 e. The number of fused-ring (bicyclic) bond motifs is 3. The Labute approximate surface area is 134 Å². The molecular weight excluding hydrogens is 290 g/mol. The molecule has 2 amide bonds. The first-order valence-electron chi connectivity index (χ1n) is 8.03. The number of H-pyrrole nitrogens is 1. The van der Waals surface area contributed by atoms with E-state index in [9.17, 15) is 4.79 Å². The Balaban J connectivity index is 1.45. The van der Waals surface area contributed by atoms with Gasteiger partial charge >= 0.3 is 6.03 Å². The molecule has 2 aromatic rings. The first kappa shape index (κ1) is 13.9. The molecule has 1 aromatic carbocycles. The SMILES string of the molecule is N#CN1CC[C@@H](NC(=O)N2CCc3c([nH]c4ccccc34)C2)C1. The van der Waals surface area contributed by atoms with E-state index < -0.39 is 0 Å². The predicted molar refractivity (Wildman–Crippen MR) is 86.5 cm³/mol. The van der Waals surface area contributed by atoms with Crippen LogP contribution in [0.2, 0.25) is 0 Å². The highest BCUT2D eigenvalue weighted by Gasteiger charge is 2.28. The standard InChI is InChI=1S/C17H19N5O/c18-11-21-7-5-12(9-21)19-17(23)22-8-6-14-13-3-1-2-4-15(13)20-16(14)10-22/h1-4,12,20H,5-10H2,(H,19,23)/t12-/m1/s1. The highest BCUT2D eigenvalue weighted by Crippen LogP contribution is 2.27. The molecule has 4 rings (SSSR count). The van der Waals surface area contributed by atoms with Gasteiger partial charge in [-0.3, -0.25) is 0 Å². The minimum absolute atomic E-state index is 0.0286. The van der Waals surface area contributed by atoms with Gasteiger partial charge in [0.1, 0.15) is 0 Å². The van der Waals surface area contributed by atoms with Gasteiger partial charge in [0.25, 0.3) is 0 Å². The number of urea groups is 1. The van der Waals surface area contributed by atoms with Crippen molar-refractivity contribution < 1.29 is 4.79 Å². The molecule has 6 nitrogen and oxygen atoms in total. The van der Waals surface area contributed by atoms with Crippen molar-refractivity contribution >= 4 is 16.9 Å². The van der Waals surface area contributed by atoms with Crippen LogP contribution in [0.1, 0.15) is 17.7 Å². The number of hydrogen-bond acceptors (Lipinski definition) is 3. The fraction of sp³-hybridized carbons (Fsp3) is 0.412. The van der Waals surface area contributed by atoms with E-state index in [1.807, 2.05) is 11.0 Å². The van der Waals surface area contributed by atoms with Crippen molar-refractivity contribution in [3.63, 3.8) is 0 Å². The van der Waals surface area contributed by atoms with Crippen LogP contribution in [0.25, 0.3) is 10.9 Å². The zero-order chi connectivity index (χ0) is 15.8. The van der Waals surface area contributed by atoms with Gasteiger partial charge in [0.2, 0.25) is 0 Å². The van der Waals surface area contributed by atoms with Gasteiger partial charge in [-0.2, -0.15) is 5.26 Å². The summed E-state index contributed by atoms with van der Waals surface area (Å²) in [6, 6.07) is 8.33. The quantitative estimate of drug-likeness (QED) is 0.789. The van der Waals surface area contributed by atoms with E-state index in [-0.39, 0.29) is 12.1 Å². The third kappa shape index (κ3) is 2.48. The minimum atomic E-state index is -0.0286. The Morgan fingerprint density at radius 3 is 3.04 bits per heavy atom. The average Bonchev–Trinajstić information content (AvgIpc) is 3.17. The number of hydrogen-bond donors (Lipinski definition) is 2. The summed E-state index contributed by atoms with van der Waals surface area (Å²) < 4.78 is 0. The highest BCUT2D eigenvalue weighted by molar-refractivity contribution is 5.85. The molecule has 1 atom stereocenters. The van der Waals surface area contributed by atoms with Gasteiger partial charge in [0.15, 0.2) is 6.19 Å². The molecule has 1 aromatic heterocycles. The molecule has 0 aliphatic carbocycles. The van der Waals surface area contributed by atoms with Crippen LogP contribution in [-0.2, 0) is 13.0 Å². The lowest BCUT2D eigenvalue weighted by Gasteiger charge is -2.28. The maximum atomic E-state index is 12.5. The first-order chi connectivity index (χ1) is 11.2. The second-order valence-electron chi connectivity index (χ2n) is 6.28. The van der Waals surface area contributed by atoms with Crippen LogP contribution in [-0.4, -0.2) is 46.5 Å². The zero-order valence-electron chi connectivity index (χ0n) is 12.9. The molecule has 118 valence electrons. The van der Waals surface area contributed by atoms with Crippen LogP contribution >= 0.6 is 0 Å². The molecule has 0 saturated carbocycles. The van der Waals surface area contributed by atoms with Gasteiger partial charge in [0.05, 0.1) is 12.6 Å². The Hall–Kier alpha value is -2.68. The van der Waals surface area contributed by atoms with Gasteiger partial charge < -0.3 is 20.1 Å². The third-order valence-electron chi connectivity index (χ3n) is 4.83. The number of likely N-dealkylation sites (tertiary alicyclic amines) is 1. The lowest BCUT2D eigenvalue weighted by atomic mass is 10.0. The molecule has 0 unspecified atom stereocenters. The van der Waals surface area contributed by atoms with Gasteiger partial charge in [-0.1, -0.05) is 18.2 Å². The van der Waals surface area contributed by atoms with E-state index in [4.69, 9.17) is 5.26 Å². The van der Waals surface area contributed by atoms with Crippen molar-refractivity contribution in [2.75, 3.05) is 19.6 Å². The number of amides is 2. The van der Waals surface area contributed by atoms with Gasteiger partial charge in [0, 0.05) is 36.2 Å². The number of carbonyl (C=O) groups excluding carboxylic acids is 1. The van der Waals surface area contributed by atoms with Gasteiger partial charge in [-0.25, -0.2) is 4.79 Å². The molecule has 2 aliphatic rings. The van der Waals surface area contributed by atoms with Crippen LogP contribution in [0, 0.1) is 11.5 Å². The molecule has 2 aliphatic heterocycles. The fourth-order valence-electron chi connectivity index (χ4n) is 3.60. The number of benzene rings is 1. The first-order valence-corrected chi connectivity index (χ1v) is 8.03. The maximum absolute atomic E-state index is 12.5. The molecule has 23 heavy (non-hydrogen) atoms. The summed E-state index contributed by atoms with van der Waals surface area (Å²) in [6.45, 7) is 2.70. The summed E-state index contributed by atoms with van der Waals surface area (Å²) >= 11 is 0. The van der Waals surface area contributed by atoms with Crippen molar-refractivity contribution in [1.29, 1.82) is 5.26 Å². The predicted octanol–water partition coefficient (Wildman–Crippen LogP) is 1.79. The zero-order valence-corrected chi connectivity index (χ0v) is 12.9. The molecule has 0 bridgehead atoms. The van der Waals surface area contributed by atoms with Crippen molar-refractivity contribution in [3.8, 4) is 6.19 Å². The Morgan fingerprint density at radius 2 is 2.22 bits per heavy atom. The van der Waals surface area contributed by atoms with E-state index in [0.717, 1.165) is 37.1 Å². The average molecular weight is 309 g/mol. The monoisotopic (exact) mass is 309 g/mol. The highest BCUT2D eigenvalue weighted by atomic mass is 16.2. The van der Waals surface area contributed by atoms with Crippen molar-refractivity contribution in [2.24, 2.45) is 0 Å². The number of rotatable bonds is 1. The lowest BCUT2D eigenvalue weighted by Crippen LogP contribution is -2.47. The Morgan fingerprint density at radius 1 is 1.35 bits per heavy atom. The van der Waals surface area contributed by atoms with E-state index in [1.54, 1.807) is 4.90 Å². The van der Waals surface area contributed by atoms with Crippen molar-refractivity contribution in [1.82, 2.24) is 20.1 Å². The lowest BCUT2D eigenvalue weighted by molar-refractivity contribution is 0.188. The van der Waals surface area contributed by atoms with Crippen LogP contribution in [0.3, 0.4) is 0 Å². The molecule has 0 radical (unpaired) electrons. The van der Waals surface area contributed by atoms with E-state index in [2.05, 4.69) is 34.7 Å². The summed E-state index contributed by atoms with van der Waals surface area (Å²) in [6.07, 6.45) is 3.85. The number of nitrogens with zero attached hydrogens (tertiary/aromatic N) is 3. The van der Waals surface area contributed by atoms with Gasteiger partial charge in [-0.05, 0) is 24.5 Å². The second kappa shape index (κ2) is 5.51. The van der Waals surface area contributed by atoms with Crippen molar-refractivity contribution in [2.45, 2.75) is 25.4 Å². The largest absolute Gasteiger partial charge is 0.357 e. The molecular formula is C17H19N5O. The van der Waals surface area contributed by atoms with Crippen LogP contribution < -0.4 is 5.32 Å². The number of nitriles is 1. The summed E-state index contributed by atoms with van der Waals surface area (Å²) in [4.78, 5) is 19.5. The topological polar surface area (TPSA) is 75.2 Å². The van der Waals surface area contributed by atoms with E-state index in [0.29, 0.717) is 13.1 Å². The van der Waals surface area contributed by atoms with E-state index in [1.165, 1.54) is 10.9 Å². The number of nitrogens with one attached hydrogen (secondary N) is 2. The fourth-order valence-corrected chi connectivity index (χ4v) is 3.60. The summed E-state index contributed by atoms with van der Waals surface area (Å²) in [5, 5.41) is 13.2. The number of para-hydroxylation sites is 1. The van der Waals surface area contributed by atoms with Crippen LogP contribution in [0.15, 0.2) is 24.3 Å². The van der Waals surface area contributed by atoms with Gasteiger partial charge in [-0.15, -0.1) is 0 Å². The smallest absolute Gasteiger partial charge is 0.318 e. The number of aromatic amines is 1. The molecule has 0 spiro atoms. The number of carbonyl (C=O) groups is 1. The summed E-state index contributed by atoms with van der Waals surface area (Å²) in [5.41, 5.74) is 3.61. The van der Waals surface area contributed by atoms with E-state index >= 15 is 0 Å². The normalized spacial score (nSPS) is 20.4. The van der Waals surface area contributed by atoms with Crippen LogP contribution in [0.4, 0.5) is 4.79 Å².